The van der Waals surface area contributed by atoms with Gasteiger partial charge in [0.15, 0.2) is 0 Å². The number of nitrogens with one attached hydrogen (secondary N) is 1. The van der Waals surface area contributed by atoms with Crippen LogP contribution >= 0.6 is 0 Å². The van der Waals surface area contributed by atoms with Gasteiger partial charge in [-0.25, -0.2) is 9.59 Å². The van der Waals surface area contributed by atoms with Gasteiger partial charge in [-0.3, -0.25) is 10.1 Å². The zero-order chi connectivity index (χ0) is 14.3. The summed E-state index contributed by atoms with van der Waals surface area (Å²) in [6.07, 6.45) is -1.86. The number of hydrogen-bond acceptors (Lipinski definition) is 7. The molecule has 0 radical (unpaired) electrons. The van der Waals surface area contributed by atoms with Crippen LogP contribution in [0, 0.1) is 10.1 Å². The molecule has 0 saturated heterocycles. The van der Waals surface area contributed by atoms with Crippen LogP contribution in [0.4, 0.5) is 15.3 Å². The lowest BCUT2D eigenvalue weighted by atomic mass is 10.3. The van der Waals surface area contributed by atoms with E-state index in [0.29, 0.717) is 0 Å². The van der Waals surface area contributed by atoms with Gasteiger partial charge in [-0.05, 0) is 12.1 Å². The number of hydrogen-bond donors (Lipinski definition) is 1. The van der Waals surface area contributed by atoms with Crippen molar-refractivity contribution in [1.82, 2.24) is 5.32 Å². The van der Waals surface area contributed by atoms with Crippen LogP contribution in [-0.4, -0.2) is 31.0 Å². The van der Waals surface area contributed by atoms with Crippen molar-refractivity contribution in [1.29, 1.82) is 0 Å². The van der Waals surface area contributed by atoms with E-state index in [1.807, 2.05) is 0 Å². The first-order valence-corrected chi connectivity index (χ1v) is 4.96. The maximum Gasteiger partial charge on any atom is 0.516 e. The fraction of sp³-hybridized carbons (Fsp3) is 0.200. The third-order valence-corrected chi connectivity index (χ3v) is 1.82. The van der Waals surface area contributed by atoms with E-state index in [9.17, 15) is 19.7 Å². The zero-order valence-electron chi connectivity index (χ0n) is 9.82. The largest absolute Gasteiger partial charge is 0.516 e. The summed E-state index contributed by atoms with van der Waals surface area (Å²) < 4.78 is 13.5. The lowest BCUT2D eigenvalue weighted by Gasteiger charge is -2.06. The zero-order valence-corrected chi connectivity index (χ0v) is 9.82. The van der Waals surface area contributed by atoms with Crippen molar-refractivity contribution >= 4 is 17.9 Å². The summed E-state index contributed by atoms with van der Waals surface area (Å²) in [5.41, 5.74) is -0.135. The molecule has 0 fully saturated rings. The van der Waals surface area contributed by atoms with Crippen molar-refractivity contribution < 1.29 is 28.7 Å². The fourth-order valence-electron chi connectivity index (χ4n) is 0.965. The number of carbonyl (C=O) groups excluding carboxylic acids is 2. The Kier molecular flexibility index (Phi) is 5.08. The Morgan fingerprint density at radius 3 is 2.42 bits per heavy atom. The van der Waals surface area contributed by atoms with Crippen LogP contribution in [0.15, 0.2) is 24.3 Å². The molecule has 0 aromatic heterocycles. The first-order valence-electron chi connectivity index (χ1n) is 4.96. The van der Waals surface area contributed by atoms with Crippen molar-refractivity contribution in [2.24, 2.45) is 0 Å². The van der Waals surface area contributed by atoms with Crippen molar-refractivity contribution in [3.05, 3.63) is 34.4 Å². The van der Waals surface area contributed by atoms with Gasteiger partial charge in [0.25, 0.3) is 5.69 Å². The Hall–Kier alpha value is -2.84. The molecule has 1 aromatic carbocycles. The van der Waals surface area contributed by atoms with Gasteiger partial charge >= 0.3 is 12.2 Å². The smallest absolute Gasteiger partial charge is 0.412 e. The number of amides is 1. The van der Waals surface area contributed by atoms with E-state index in [1.54, 1.807) is 0 Å². The highest BCUT2D eigenvalue weighted by Gasteiger charge is 2.09. The molecule has 1 amide bonds. The normalized spacial score (nSPS) is 9.32. The highest BCUT2D eigenvalue weighted by Crippen LogP contribution is 2.17. The number of rotatable bonds is 4. The summed E-state index contributed by atoms with van der Waals surface area (Å²) >= 11 is 0. The second kappa shape index (κ2) is 6.79. The average Bonchev–Trinajstić information content (AvgIpc) is 2.39. The molecule has 0 spiro atoms. The number of alkyl carbamates (subject to hydrolysis) is 1. The molecular weight excluding hydrogens is 260 g/mol. The molecule has 0 saturated carbocycles. The highest BCUT2D eigenvalue weighted by molar-refractivity contribution is 5.67. The van der Waals surface area contributed by atoms with Gasteiger partial charge in [0.2, 0.25) is 6.79 Å². The molecule has 9 heteroatoms. The van der Waals surface area contributed by atoms with Gasteiger partial charge in [0.05, 0.1) is 4.92 Å². The van der Waals surface area contributed by atoms with Crippen LogP contribution in [0.1, 0.15) is 0 Å². The number of nitro benzene ring substituents is 1. The fourth-order valence-corrected chi connectivity index (χ4v) is 0.965. The van der Waals surface area contributed by atoms with Gasteiger partial charge < -0.3 is 19.5 Å². The topological polar surface area (TPSA) is 117 Å². The van der Waals surface area contributed by atoms with Crippen LogP contribution in [0.25, 0.3) is 0 Å². The van der Waals surface area contributed by atoms with Crippen LogP contribution < -0.4 is 10.1 Å². The van der Waals surface area contributed by atoms with Gasteiger partial charge in [-0.2, -0.15) is 0 Å². The Balaban J connectivity index is 2.40. The minimum absolute atomic E-state index is 0.0653. The molecule has 0 bridgehead atoms. The summed E-state index contributed by atoms with van der Waals surface area (Å²) in [4.78, 5) is 31.5. The van der Waals surface area contributed by atoms with Gasteiger partial charge in [0, 0.05) is 19.2 Å². The number of nitro groups is 1. The van der Waals surface area contributed by atoms with Crippen LogP contribution in [0.3, 0.4) is 0 Å². The molecule has 1 aromatic rings. The summed E-state index contributed by atoms with van der Waals surface area (Å²) in [7, 11) is 1.34. The monoisotopic (exact) mass is 270 g/mol. The van der Waals surface area contributed by atoms with Crippen molar-refractivity contribution in [2.45, 2.75) is 0 Å². The Morgan fingerprint density at radius 1 is 1.26 bits per heavy atom. The average molecular weight is 270 g/mol. The quantitative estimate of drug-likeness (QED) is 0.289. The molecule has 0 aliphatic carbocycles. The molecule has 1 rings (SSSR count). The van der Waals surface area contributed by atoms with Crippen LogP contribution in [0.5, 0.6) is 5.75 Å². The van der Waals surface area contributed by atoms with E-state index in [1.165, 1.54) is 31.3 Å². The molecule has 102 valence electrons. The lowest BCUT2D eigenvalue weighted by Crippen LogP contribution is -2.22. The number of ether oxygens (including phenoxy) is 3. The molecule has 9 nitrogen and oxygen atoms in total. The Bertz CT molecular complexity index is 471. The molecule has 0 unspecified atom stereocenters. The molecule has 0 heterocycles. The van der Waals surface area contributed by atoms with Gasteiger partial charge in [-0.1, -0.05) is 0 Å². The molecule has 0 aliphatic heterocycles. The lowest BCUT2D eigenvalue weighted by molar-refractivity contribution is -0.384. The number of carbonyl (C=O) groups is 2. The van der Waals surface area contributed by atoms with Crippen molar-refractivity contribution in [3.8, 4) is 5.75 Å². The summed E-state index contributed by atoms with van der Waals surface area (Å²) in [5, 5.41) is 12.5. The highest BCUT2D eigenvalue weighted by atomic mass is 16.8. The predicted octanol–water partition coefficient (Wildman–Crippen LogP) is 1.42. The number of benzene rings is 1. The SMILES string of the molecule is CNC(=O)OCOC(=O)Oc1ccc([N+](=O)[O-])cc1. The maximum absolute atomic E-state index is 11.1. The minimum Gasteiger partial charge on any atom is -0.412 e. The summed E-state index contributed by atoms with van der Waals surface area (Å²) in [6.45, 7) is -0.606. The van der Waals surface area contributed by atoms with E-state index in [0.717, 1.165) is 0 Å². The van der Waals surface area contributed by atoms with E-state index in [4.69, 9.17) is 0 Å². The van der Waals surface area contributed by atoms with E-state index < -0.39 is 24.0 Å². The van der Waals surface area contributed by atoms with Crippen molar-refractivity contribution in [2.75, 3.05) is 13.8 Å². The summed E-state index contributed by atoms with van der Waals surface area (Å²) in [5.74, 6) is 0.0653. The standard InChI is InChI=1S/C10H10N2O7/c1-11-9(13)17-6-18-10(14)19-8-4-2-7(3-5-8)12(15)16/h2-5H,6H2,1H3,(H,11,13). The first kappa shape index (κ1) is 14.2. The predicted molar refractivity (Wildman–Crippen MR) is 60.6 cm³/mol. The second-order valence-corrected chi connectivity index (χ2v) is 3.05. The molecule has 0 atom stereocenters. The van der Waals surface area contributed by atoms with E-state index in [-0.39, 0.29) is 11.4 Å². The molecular formula is C10H10N2O7. The first-order chi connectivity index (χ1) is 9.02. The third-order valence-electron chi connectivity index (χ3n) is 1.82. The Labute approximate surface area is 107 Å². The van der Waals surface area contributed by atoms with Crippen LogP contribution in [0.2, 0.25) is 0 Å². The molecule has 19 heavy (non-hydrogen) atoms. The number of nitrogens with zero attached hydrogens (tertiary/aromatic N) is 1. The van der Waals surface area contributed by atoms with Crippen molar-refractivity contribution in [3.63, 3.8) is 0 Å². The van der Waals surface area contributed by atoms with E-state index in [2.05, 4.69) is 19.5 Å². The third kappa shape index (κ3) is 4.89. The minimum atomic E-state index is -1.10. The summed E-state index contributed by atoms with van der Waals surface area (Å²) in [6, 6.07) is 4.81. The van der Waals surface area contributed by atoms with Crippen LogP contribution in [-0.2, 0) is 9.47 Å². The molecule has 0 aliphatic rings. The number of non-ortho nitro benzene ring substituents is 1. The Morgan fingerprint density at radius 2 is 1.89 bits per heavy atom. The van der Waals surface area contributed by atoms with Gasteiger partial charge in [-0.15, -0.1) is 0 Å². The van der Waals surface area contributed by atoms with Gasteiger partial charge in [0.1, 0.15) is 5.75 Å². The maximum atomic E-state index is 11.1. The molecule has 1 N–H and O–H groups in total. The van der Waals surface area contributed by atoms with E-state index >= 15 is 0 Å². The second-order valence-electron chi connectivity index (χ2n) is 3.05.